The molecule has 20 heavy (non-hydrogen) atoms. The number of hydrogen-bond acceptors (Lipinski definition) is 6. The van der Waals surface area contributed by atoms with E-state index in [9.17, 15) is 14.9 Å². The maximum absolute atomic E-state index is 11.8. The van der Waals surface area contributed by atoms with Gasteiger partial charge in [-0.2, -0.15) is 0 Å². The number of esters is 1. The van der Waals surface area contributed by atoms with Crippen LogP contribution in [0.5, 0.6) is 11.5 Å². The average molecular weight is 348 g/mol. The number of rotatable bonds is 6. The van der Waals surface area contributed by atoms with Crippen molar-refractivity contribution >= 4 is 27.6 Å². The minimum atomic E-state index is -0.775. The topological polar surface area (TPSA) is 87.9 Å². The molecule has 0 aliphatic carbocycles. The molecule has 7 nitrogen and oxygen atoms in total. The molecule has 0 bridgehead atoms. The molecule has 0 spiro atoms. The van der Waals surface area contributed by atoms with E-state index in [-0.39, 0.29) is 17.2 Å². The van der Waals surface area contributed by atoms with Crippen LogP contribution >= 0.6 is 15.9 Å². The lowest BCUT2D eigenvalue weighted by atomic mass is 10.2. The molecule has 1 atom stereocenters. The number of carbonyl (C=O) groups is 1. The molecule has 0 saturated carbocycles. The van der Waals surface area contributed by atoms with Crippen molar-refractivity contribution < 1.29 is 23.9 Å². The van der Waals surface area contributed by atoms with E-state index < -0.39 is 17.0 Å². The van der Waals surface area contributed by atoms with Crippen molar-refractivity contribution in [2.45, 2.75) is 20.0 Å². The fourth-order valence-electron chi connectivity index (χ4n) is 1.48. The first-order valence-electron chi connectivity index (χ1n) is 5.75. The SMILES string of the molecule is CCOC(C)C(=O)Oc1cc(Br)cc([N+](=O)[O-])c1OC. The molecule has 1 unspecified atom stereocenters. The second kappa shape index (κ2) is 7.20. The van der Waals surface area contributed by atoms with Gasteiger partial charge < -0.3 is 14.2 Å². The van der Waals surface area contributed by atoms with E-state index in [4.69, 9.17) is 14.2 Å². The molecule has 0 fully saturated rings. The summed E-state index contributed by atoms with van der Waals surface area (Å²) in [6.45, 7) is 3.63. The third kappa shape index (κ3) is 3.91. The smallest absolute Gasteiger partial charge is 0.340 e. The number of nitrogens with zero attached hydrogens (tertiary/aromatic N) is 1. The highest BCUT2D eigenvalue weighted by molar-refractivity contribution is 9.10. The van der Waals surface area contributed by atoms with E-state index in [2.05, 4.69) is 15.9 Å². The molecular weight excluding hydrogens is 334 g/mol. The first-order chi connectivity index (χ1) is 9.40. The molecule has 110 valence electrons. The number of ether oxygens (including phenoxy) is 3. The second-order valence-electron chi connectivity index (χ2n) is 3.73. The van der Waals surface area contributed by atoms with Gasteiger partial charge in [0.2, 0.25) is 5.75 Å². The molecule has 0 N–H and O–H groups in total. The van der Waals surface area contributed by atoms with Crippen LogP contribution in [0, 0.1) is 10.1 Å². The molecule has 0 aromatic heterocycles. The first kappa shape index (κ1) is 16.4. The largest absolute Gasteiger partial charge is 0.488 e. The van der Waals surface area contributed by atoms with E-state index in [1.807, 2.05) is 0 Å². The Balaban J connectivity index is 3.11. The fraction of sp³-hybridized carbons (Fsp3) is 0.417. The number of nitro benzene ring substituents is 1. The van der Waals surface area contributed by atoms with Crippen LogP contribution in [0.3, 0.4) is 0 Å². The number of benzene rings is 1. The zero-order chi connectivity index (χ0) is 15.3. The summed E-state index contributed by atoms with van der Waals surface area (Å²) in [4.78, 5) is 22.1. The number of carbonyl (C=O) groups excluding carboxylic acids is 1. The average Bonchev–Trinajstić information content (AvgIpc) is 2.38. The normalized spacial score (nSPS) is 11.8. The van der Waals surface area contributed by atoms with Crippen LogP contribution in [-0.4, -0.2) is 30.7 Å². The Hall–Kier alpha value is -1.67. The van der Waals surface area contributed by atoms with Crippen LogP contribution in [0.25, 0.3) is 0 Å². The predicted molar refractivity (Wildman–Crippen MR) is 74.1 cm³/mol. The van der Waals surface area contributed by atoms with Crippen molar-refractivity contribution in [3.8, 4) is 11.5 Å². The quantitative estimate of drug-likeness (QED) is 0.340. The number of methoxy groups -OCH3 is 1. The van der Waals surface area contributed by atoms with E-state index in [1.54, 1.807) is 6.92 Å². The van der Waals surface area contributed by atoms with Gasteiger partial charge in [0.05, 0.1) is 12.0 Å². The molecule has 0 aliphatic heterocycles. The van der Waals surface area contributed by atoms with Gasteiger partial charge in [-0.05, 0) is 19.9 Å². The number of nitro groups is 1. The lowest BCUT2D eigenvalue weighted by Gasteiger charge is -2.13. The van der Waals surface area contributed by atoms with Crippen LogP contribution in [-0.2, 0) is 9.53 Å². The molecule has 0 saturated heterocycles. The van der Waals surface area contributed by atoms with E-state index in [1.165, 1.54) is 26.2 Å². The van der Waals surface area contributed by atoms with Gasteiger partial charge in [-0.15, -0.1) is 0 Å². The zero-order valence-corrected chi connectivity index (χ0v) is 12.8. The van der Waals surface area contributed by atoms with Crippen molar-refractivity contribution in [1.29, 1.82) is 0 Å². The van der Waals surface area contributed by atoms with Gasteiger partial charge in [-0.3, -0.25) is 10.1 Å². The Bertz CT molecular complexity index is 519. The highest BCUT2D eigenvalue weighted by Crippen LogP contribution is 2.39. The van der Waals surface area contributed by atoms with Gasteiger partial charge in [-0.1, -0.05) is 15.9 Å². The summed E-state index contributed by atoms with van der Waals surface area (Å²) in [5, 5.41) is 10.9. The molecule has 1 aromatic carbocycles. The van der Waals surface area contributed by atoms with Gasteiger partial charge in [0.15, 0.2) is 11.9 Å². The third-order valence-electron chi connectivity index (χ3n) is 2.36. The lowest BCUT2D eigenvalue weighted by Crippen LogP contribution is -2.26. The Kier molecular flexibility index (Phi) is 5.90. The van der Waals surface area contributed by atoms with Crippen molar-refractivity contribution in [2.75, 3.05) is 13.7 Å². The van der Waals surface area contributed by atoms with Gasteiger partial charge in [0.1, 0.15) is 0 Å². The lowest BCUT2D eigenvalue weighted by molar-refractivity contribution is -0.385. The molecule has 0 heterocycles. The van der Waals surface area contributed by atoms with E-state index >= 15 is 0 Å². The Morgan fingerprint density at radius 2 is 2.15 bits per heavy atom. The first-order valence-corrected chi connectivity index (χ1v) is 6.55. The monoisotopic (exact) mass is 347 g/mol. The highest BCUT2D eigenvalue weighted by Gasteiger charge is 2.25. The summed E-state index contributed by atoms with van der Waals surface area (Å²) in [5.74, 6) is -0.807. The van der Waals surface area contributed by atoms with Crippen LogP contribution in [0.2, 0.25) is 0 Å². The van der Waals surface area contributed by atoms with Crippen molar-refractivity contribution in [2.24, 2.45) is 0 Å². The summed E-state index contributed by atoms with van der Waals surface area (Å²) in [5.41, 5.74) is -0.297. The van der Waals surface area contributed by atoms with E-state index in [0.717, 1.165) is 0 Å². The molecule has 0 radical (unpaired) electrons. The number of halogens is 1. The summed E-state index contributed by atoms with van der Waals surface area (Å²) >= 11 is 3.12. The minimum absolute atomic E-state index is 0.0369. The van der Waals surface area contributed by atoms with Gasteiger partial charge >= 0.3 is 11.7 Å². The predicted octanol–water partition coefficient (Wildman–Crippen LogP) is 2.70. The molecule has 0 amide bonds. The zero-order valence-electron chi connectivity index (χ0n) is 11.2. The van der Waals surface area contributed by atoms with Crippen LogP contribution < -0.4 is 9.47 Å². The highest BCUT2D eigenvalue weighted by atomic mass is 79.9. The summed E-state index contributed by atoms with van der Waals surface area (Å²) in [7, 11) is 1.26. The Morgan fingerprint density at radius 3 is 2.65 bits per heavy atom. The molecular formula is C12H14BrNO6. The standard InChI is InChI=1S/C12H14BrNO6/c1-4-19-7(2)12(15)20-10-6-8(13)5-9(14(16)17)11(10)18-3/h5-7H,4H2,1-3H3. The van der Waals surface area contributed by atoms with Crippen molar-refractivity contribution in [3.63, 3.8) is 0 Å². The van der Waals surface area contributed by atoms with Gasteiger partial charge in [0, 0.05) is 17.1 Å². The molecule has 1 rings (SSSR count). The maximum atomic E-state index is 11.8. The molecule has 0 aliphatic rings. The van der Waals surface area contributed by atoms with Crippen LogP contribution in [0.15, 0.2) is 16.6 Å². The van der Waals surface area contributed by atoms with Gasteiger partial charge in [-0.25, -0.2) is 4.79 Å². The third-order valence-corrected chi connectivity index (χ3v) is 2.82. The minimum Gasteiger partial charge on any atom is -0.488 e. The van der Waals surface area contributed by atoms with Crippen LogP contribution in [0.4, 0.5) is 5.69 Å². The second-order valence-corrected chi connectivity index (χ2v) is 4.65. The Labute approximate surface area is 124 Å². The maximum Gasteiger partial charge on any atom is 0.340 e. The summed E-state index contributed by atoms with van der Waals surface area (Å²) in [6, 6.07) is 2.69. The molecule has 1 aromatic rings. The Morgan fingerprint density at radius 1 is 1.50 bits per heavy atom. The van der Waals surface area contributed by atoms with Crippen LogP contribution in [0.1, 0.15) is 13.8 Å². The van der Waals surface area contributed by atoms with Gasteiger partial charge in [0.25, 0.3) is 0 Å². The summed E-state index contributed by atoms with van der Waals surface area (Å²) < 4.78 is 15.5. The van der Waals surface area contributed by atoms with E-state index in [0.29, 0.717) is 11.1 Å². The molecule has 8 heteroatoms. The van der Waals surface area contributed by atoms with Crippen molar-refractivity contribution in [3.05, 3.63) is 26.7 Å². The van der Waals surface area contributed by atoms with Crippen molar-refractivity contribution in [1.82, 2.24) is 0 Å². The fourth-order valence-corrected chi connectivity index (χ4v) is 1.91. The summed E-state index contributed by atoms with van der Waals surface area (Å²) in [6.07, 6.45) is -0.775. The number of hydrogen-bond donors (Lipinski definition) is 0.